The molecule has 1 heterocycles. The molecule has 0 aliphatic carbocycles. The van der Waals surface area contributed by atoms with E-state index in [1.54, 1.807) is 19.1 Å². The summed E-state index contributed by atoms with van der Waals surface area (Å²) in [6, 6.07) is 21.2. The van der Waals surface area contributed by atoms with Crippen molar-refractivity contribution in [3.63, 3.8) is 0 Å². The van der Waals surface area contributed by atoms with Crippen LogP contribution >= 0.6 is 0 Å². The minimum absolute atomic E-state index is 0.0144. The van der Waals surface area contributed by atoms with Gasteiger partial charge in [-0.25, -0.2) is 0 Å². The number of alkyl halides is 3. The highest BCUT2D eigenvalue weighted by Crippen LogP contribution is 2.34. The Hall–Kier alpha value is -3.61. The molecule has 0 radical (unpaired) electrons. The van der Waals surface area contributed by atoms with E-state index in [4.69, 9.17) is 0 Å². The summed E-state index contributed by atoms with van der Waals surface area (Å²) in [5.41, 5.74) is 0.735. The van der Waals surface area contributed by atoms with E-state index in [-0.39, 0.29) is 18.4 Å². The highest BCUT2D eigenvalue weighted by atomic mass is 19.4. The van der Waals surface area contributed by atoms with E-state index in [0.717, 1.165) is 23.3 Å². The normalized spacial score (nSPS) is 18.1. The summed E-state index contributed by atoms with van der Waals surface area (Å²) >= 11 is 0. The Bertz CT molecular complexity index is 1160. The Labute approximate surface area is 190 Å². The summed E-state index contributed by atoms with van der Waals surface area (Å²) in [4.78, 5) is 28.2. The molecule has 2 amide bonds. The zero-order valence-corrected chi connectivity index (χ0v) is 18.0. The molecule has 0 spiro atoms. The summed E-state index contributed by atoms with van der Waals surface area (Å²) in [6.07, 6.45) is -4.14. The molecule has 0 saturated heterocycles. The predicted molar refractivity (Wildman–Crippen MR) is 118 cm³/mol. The first-order valence-electron chi connectivity index (χ1n) is 10.6. The van der Waals surface area contributed by atoms with E-state index in [1.807, 2.05) is 42.5 Å². The predicted octanol–water partition coefficient (Wildman–Crippen LogP) is 4.98. The molecule has 170 valence electrons. The van der Waals surface area contributed by atoms with Gasteiger partial charge in [0, 0.05) is 25.1 Å². The van der Waals surface area contributed by atoms with Gasteiger partial charge in [-0.15, -0.1) is 0 Å². The molecular weight excluding hydrogens is 429 g/mol. The van der Waals surface area contributed by atoms with Crippen molar-refractivity contribution in [1.29, 1.82) is 0 Å². The Kier molecular flexibility index (Phi) is 5.97. The van der Waals surface area contributed by atoms with Crippen LogP contribution in [-0.4, -0.2) is 22.3 Å². The van der Waals surface area contributed by atoms with Gasteiger partial charge in [-0.3, -0.25) is 9.59 Å². The molecule has 1 aliphatic rings. The van der Waals surface area contributed by atoms with E-state index >= 15 is 0 Å². The highest BCUT2D eigenvalue weighted by Gasteiger charge is 2.46. The van der Waals surface area contributed by atoms with Crippen molar-refractivity contribution in [2.45, 2.75) is 38.1 Å². The van der Waals surface area contributed by atoms with E-state index in [2.05, 4.69) is 5.32 Å². The van der Waals surface area contributed by atoms with Crippen molar-refractivity contribution < 1.29 is 22.8 Å². The molecule has 0 fully saturated rings. The molecule has 33 heavy (non-hydrogen) atoms. The number of nitrogens with zero attached hydrogens (tertiary/aromatic N) is 1. The van der Waals surface area contributed by atoms with Gasteiger partial charge in [-0.2, -0.15) is 13.2 Å². The molecule has 7 heteroatoms. The number of rotatable bonds is 5. The summed E-state index contributed by atoms with van der Waals surface area (Å²) < 4.78 is 38.8. The molecule has 1 atom stereocenters. The van der Waals surface area contributed by atoms with Crippen LogP contribution in [0, 0.1) is 0 Å². The van der Waals surface area contributed by atoms with Crippen molar-refractivity contribution in [2.75, 3.05) is 0 Å². The molecule has 4 nitrogen and oxygen atoms in total. The van der Waals surface area contributed by atoms with Crippen LogP contribution in [0.5, 0.6) is 0 Å². The number of fused-ring (bicyclic) bond motifs is 1. The first-order valence-corrected chi connectivity index (χ1v) is 10.6. The van der Waals surface area contributed by atoms with Gasteiger partial charge >= 0.3 is 6.18 Å². The van der Waals surface area contributed by atoms with Crippen LogP contribution in [0.3, 0.4) is 0 Å². The Morgan fingerprint density at radius 2 is 1.58 bits per heavy atom. The lowest BCUT2D eigenvalue weighted by Crippen LogP contribution is -2.62. The van der Waals surface area contributed by atoms with E-state index < -0.39 is 17.3 Å². The van der Waals surface area contributed by atoms with Gasteiger partial charge < -0.3 is 10.2 Å². The van der Waals surface area contributed by atoms with Crippen LogP contribution in [-0.2, 0) is 30.5 Å². The molecule has 4 rings (SSSR count). The molecule has 0 saturated carbocycles. The first-order chi connectivity index (χ1) is 15.7. The molecule has 3 aromatic carbocycles. The zero-order chi connectivity index (χ0) is 23.6. The van der Waals surface area contributed by atoms with E-state index in [1.165, 1.54) is 17.0 Å². The lowest BCUT2D eigenvalue weighted by atomic mass is 9.82. The second kappa shape index (κ2) is 8.73. The topological polar surface area (TPSA) is 49.4 Å². The largest absolute Gasteiger partial charge is 0.416 e. The summed E-state index contributed by atoms with van der Waals surface area (Å²) in [5, 5.41) is 2.92. The van der Waals surface area contributed by atoms with Crippen LogP contribution in [0.25, 0.3) is 0 Å². The van der Waals surface area contributed by atoms with E-state index in [0.29, 0.717) is 24.1 Å². The van der Waals surface area contributed by atoms with Crippen LogP contribution in [0.1, 0.15) is 39.5 Å². The fraction of sp³-hybridized carbons (Fsp3) is 0.231. The molecule has 3 aromatic rings. The maximum Gasteiger partial charge on any atom is 0.416 e. The quantitative estimate of drug-likeness (QED) is 0.594. The van der Waals surface area contributed by atoms with Crippen molar-refractivity contribution in [2.24, 2.45) is 0 Å². The van der Waals surface area contributed by atoms with Crippen molar-refractivity contribution in [1.82, 2.24) is 10.2 Å². The number of carbonyl (C=O) groups is 2. The molecule has 0 bridgehead atoms. The van der Waals surface area contributed by atoms with Gasteiger partial charge in [0.2, 0.25) is 5.91 Å². The average molecular weight is 452 g/mol. The Morgan fingerprint density at radius 3 is 2.24 bits per heavy atom. The van der Waals surface area contributed by atoms with Gasteiger partial charge in [0.05, 0.1) is 5.56 Å². The third-order valence-corrected chi connectivity index (χ3v) is 6.03. The summed E-state index contributed by atoms with van der Waals surface area (Å²) in [7, 11) is 0. The second-order valence-electron chi connectivity index (χ2n) is 8.36. The summed E-state index contributed by atoms with van der Waals surface area (Å²) in [5.74, 6) is -0.643. The monoisotopic (exact) mass is 452 g/mol. The number of hydrogen-bond acceptors (Lipinski definition) is 2. The molecule has 0 aromatic heterocycles. The number of nitrogens with one attached hydrogen (secondary N) is 1. The van der Waals surface area contributed by atoms with Gasteiger partial charge in [0.25, 0.3) is 5.91 Å². The molecular formula is C26H23F3N2O2. The number of carbonyl (C=O) groups excluding carboxylic acids is 2. The highest BCUT2D eigenvalue weighted by molar-refractivity contribution is 6.02. The maximum absolute atomic E-state index is 13.4. The number of amides is 2. The van der Waals surface area contributed by atoms with Gasteiger partial charge in [0.1, 0.15) is 5.54 Å². The fourth-order valence-electron chi connectivity index (χ4n) is 4.12. The van der Waals surface area contributed by atoms with Crippen LogP contribution in [0.4, 0.5) is 13.2 Å². The summed E-state index contributed by atoms with van der Waals surface area (Å²) in [6.45, 7) is 2.02. The SMILES string of the molecule is CC1(C(=O)NCc2ccccc2)Cc2ccccc2C(=O)N1Cc1ccc(C(F)(F)F)cc1. The number of halogens is 3. The smallest absolute Gasteiger partial charge is 0.350 e. The maximum atomic E-state index is 13.4. The minimum Gasteiger partial charge on any atom is -0.350 e. The number of benzene rings is 3. The third-order valence-electron chi connectivity index (χ3n) is 6.03. The minimum atomic E-state index is -4.44. The van der Waals surface area contributed by atoms with Crippen molar-refractivity contribution in [3.8, 4) is 0 Å². The van der Waals surface area contributed by atoms with E-state index in [9.17, 15) is 22.8 Å². The molecule has 1 N–H and O–H groups in total. The van der Waals surface area contributed by atoms with Crippen molar-refractivity contribution in [3.05, 3.63) is 107 Å². The molecule has 1 unspecified atom stereocenters. The lowest BCUT2D eigenvalue weighted by molar-refractivity contribution is -0.137. The average Bonchev–Trinajstić information content (AvgIpc) is 2.80. The van der Waals surface area contributed by atoms with Gasteiger partial charge in [0.15, 0.2) is 0 Å². The Morgan fingerprint density at radius 1 is 0.939 bits per heavy atom. The number of hydrogen-bond donors (Lipinski definition) is 1. The first kappa shape index (κ1) is 22.6. The fourth-order valence-corrected chi connectivity index (χ4v) is 4.12. The van der Waals surface area contributed by atoms with Crippen molar-refractivity contribution >= 4 is 11.8 Å². The third kappa shape index (κ3) is 4.62. The second-order valence-corrected chi connectivity index (χ2v) is 8.36. The van der Waals surface area contributed by atoms with Gasteiger partial charge in [-0.1, -0.05) is 60.7 Å². The lowest BCUT2D eigenvalue weighted by Gasteiger charge is -2.44. The van der Waals surface area contributed by atoms with Crippen LogP contribution < -0.4 is 5.32 Å². The van der Waals surface area contributed by atoms with Gasteiger partial charge in [-0.05, 0) is 41.8 Å². The standard InChI is InChI=1S/C26H23F3N2O2/c1-25(24(33)30-16-18-7-3-2-4-8-18)15-20-9-5-6-10-22(20)23(32)31(25)17-19-11-13-21(14-12-19)26(27,28)29/h2-14H,15-17H2,1H3,(H,30,33). The zero-order valence-electron chi connectivity index (χ0n) is 18.0. The molecule has 1 aliphatic heterocycles. The van der Waals surface area contributed by atoms with Crippen LogP contribution in [0.2, 0.25) is 0 Å². The Balaban J connectivity index is 1.63. The van der Waals surface area contributed by atoms with Crippen LogP contribution in [0.15, 0.2) is 78.9 Å².